The summed E-state index contributed by atoms with van der Waals surface area (Å²) in [5, 5.41) is 0. The van der Waals surface area contributed by atoms with E-state index in [9.17, 15) is 0 Å². The van der Waals surface area contributed by atoms with Gasteiger partial charge >= 0.3 is 0 Å². The zero-order chi connectivity index (χ0) is 14.9. The average Bonchev–Trinajstić information content (AvgIpc) is 2.48. The Hall–Kier alpha value is -1.60. The fourth-order valence-electron chi connectivity index (χ4n) is 3.30. The van der Waals surface area contributed by atoms with Gasteiger partial charge in [0.05, 0.1) is 0 Å². The molecule has 2 aromatic rings. The van der Waals surface area contributed by atoms with Gasteiger partial charge in [0.15, 0.2) is 0 Å². The molecule has 0 bridgehead atoms. The van der Waals surface area contributed by atoms with E-state index in [2.05, 4.69) is 62.4 Å². The van der Waals surface area contributed by atoms with Crippen LogP contribution in [0.2, 0.25) is 0 Å². The number of aryl methyl sites for hydroxylation is 1. The van der Waals surface area contributed by atoms with Gasteiger partial charge < -0.3 is 5.73 Å². The summed E-state index contributed by atoms with van der Waals surface area (Å²) in [4.78, 5) is 0. The van der Waals surface area contributed by atoms with Gasteiger partial charge in [0.2, 0.25) is 0 Å². The largest absolute Gasteiger partial charge is 0.325 e. The monoisotopic (exact) mass is 279 g/mol. The van der Waals surface area contributed by atoms with Crippen LogP contribution in [-0.2, 0) is 0 Å². The summed E-state index contributed by atoms with van der Waals surface area (Å²) in [7, 11) is 0. The Balaban J connectivity index is 1.74. The summed E-state index contributed by atoms with van der Waals surface area (Å²) < 4.78 is 0. The first kappa shape index (κ1) is 14.3. The molecule has 2 aromatic carbocycles. The minimum Gasteiger partial charge on any atom is -0.325 e. The number of hydrogen-bond donors (Lipinski definition) is 1. The van der Waals surface area contributed by atoms with Crippen molar-refractivity contribution in [3.63, 3.8) is 0 Å². The van der Waals surface area contributed by atoms with Crippen molar-refractivity contribution in [1.29, 1.82) is 0 Å². The van der Waals surface area contributed by atoms with Gasteiger partial charge in [-0.1, -0.05) is 54.1 Å². The molecule has 0 amide bonds. The molecule has 0 spiro atoms. The molecule has 21 heavy (non-hydrogen) atoms. The van der Waals surface area contributed by atoms with Gasteiger partial charge in [-0.25, -0.2) is 0 Å². The van der Waals surface area contributed by atoms with Crippen molar-refractivity contribution in [2.24, 2.45) is 5.73 Å². The molecular weight excluding hydrogens is 254 g/mol. The van der Waals surface area contributed by atoms with Crippen LogP contribution in [0.15, 0.2) is 48.5 Å². The fourth-order valence-corrected chi connectivity index (χ4v) is 3.30. The molecule has 2 N–H and O–H groups in total. The van der Waals surface area contributed by atoms with E-state index in [4.69, 9.17) is 5.73 Å². The van der Waals surface area contributed by atoms with Gasteiger partial charge in [-0.05, 0) is 62.1 Å². The first-order valence-corrected chi connectivity index (χ1v) is 7.99. The SMILES string of the molecule is Cc1ccc(-c2ccc(C3CCC(C)(N)CC3)cc2)cc1. The van der Waals surface area contributed by atoms with Gasteiger partial charge in [0.1, 0.15) is 0 Å². The Morgan fingerprint density at radius 1 is 0.857 bits per heavy atom. The normalized spacial score (nSPS) is 25.8. The third kappa shape index (κ3) is 3.36. The molecule has 0 aromatic heterocycles. The number of nitrogens with two attached hydrogens (primary N) is 1. The maximum absolute atomic E-state index is 6.23. The molecule has 1 heteroatoms. The van der Waals surface area contributed by atoms with Crippen molar-refractivity contribution in [3.05, 3.63) is 59.7 Å². The molecule has 1 aliphatic rings. The van der Waals surface area contributed by atoms with E-state index in [1.165, 1.54) is 35.1 Å². The standard InChI is InChI=1S/C20H25N/c1-15-3-5-16(6-4-15)17-7-9-18(10-8-17)19-11-13-20(2,21)14-12-19/h3-10,19H,11-14,21H2,1-2H3. The van der Waals surface area contributed by atoms with Crippen LogP contribution >= 0.6 is 0 Å². The number of benzene rings is 2. The molecule has 0 heterocycles. The Labute approximate surface area is 128 Å². The summed E-state index contributed by atoms with van der Waals surface area (Å²) in [6, 6.07) is 17.9. The average molecular weight is 279 g/mol. The van der Waals surface area contributed by atoms with Crippen LogP contribution in [0.3, 0.4) is 0 Å². The van der Waals surface area contributed by atoms with Gasteiger partial charge in [-0.3, -0.25) is 0 Å². The van der Waals surface area contributed by atoms with E-state index in [0.717, 1.165) is 12.8 Å². The summed E-state index contributed by atoms with van der Waals surface area (Å²) in [6.45, 7) is 4.31. The molecule has 1 aliphatic carbocycles. The van der Waals surface area contributed by atoms with Crippen LogP contribution in [0.25, 0.3) is 11.1 Å². The molecule has 0 atom stereocenters. The molecule has 3 rings (SSSR count). The molecule has 0 aliphatic heterocycles. The van der Waals surface area contributed by atoms with Crippen molar-refractivity contribution in [2.45, 2.75) is 51.0 Å². The van der Waals surface area contributed by atoms with Crippen LogP contribution in [0, 0.1) is 6.92 Å². The molecule has 110 valence electrons. The quantitative estimate of drug-likeness (QED) is 0.819. The zero-order valence-corrected chi connectivity index (χ0v) is 13.1. The second-order valence-electron chi connectivity index (χ2n) is 6.92. The van der Waals surface area contributed by atoms with E-state index in [1.54, 1.807) is 0 Å². The van der Waals surface area contributed by atoms with Crippen LogP contribution in [0.5, 0.6) is 0 Å². The lowest BCUT2D eigenvalue weighted by molar-refractivity contribution is 0.295. The van der Waals surface area contributed by atoms with Crippen LogP contribution in [-0.4, -0.2) is 5.54 Å². The molecule has 0 unspecified atom stereocenters. The maximum atomic E-state index is 6.23. The van der Waals surface area contributed by atoms with Crippen molar-refractivity contribution in [1.82, 2.24) is 0 Å². The molecule has 0 radical (unpaired) electrons. The maximum Gasteiger partial charge on any atom is 0.0126 e. The highest BCUT2D eigenvalue weighted by molar-refractivity contribution is 5.64. The third-order valence-corrected chi connectivity index (χ3v) is 4.89. The highest BCUT2D eigenvalue weighted by Gasteiger charge is 2.27. The fraction of sp³-hybridized carbons (Fsp3) is 0.400. The topological polar surface area (TPSA) is 26.0 Å². The van der Waals surface area contributed by atoms with E-state index in [-0.39, 0.29) is 5.54 Å². The van der Waals surface area contributed by atoms with E-state index >= 15 is 0 Å². The van der Waals surface area contributed by atoms with Crippen LogP contribution < -0.4 is 5.73 Å². The highest BCUT2D eigenvalue weighted by atomic mass is 14.7. The van der Waals surface area contributed by atoms with E-state index in [1.807, 2.05) is 0 Å². The van der Waals surface area contributed by atoms with E-state index < -0.39 is 0 Å². The van der Waals surface area contributed by atoms with Crippen LogP contribution in [0.4, 0.5) is 0 Å². The Morgan fingerprint density at radius 3 is 1.86 bits per heavy atom. The van der Waals surface area contributed by atoms with Gasteiger partial charge in [0, 0.05) is 5.54 Å². The Morgan fingerprint density at radius 2 is 1.33 bits per heavy atom. The molecule has 1 nitrogen and oxygen atoms in total. The smallest absolute Gasteiger partial charge is 0.0126 e. The first-order valence-electron chi connectivity index (χ1n) is 7.99. The third-order valence-electron chi connectivity index (χ3n) is 4.89. The molecule has 0 saturated heterocycles. The van der Waals surface area contributed by atoms with Crippen molar-refractivity contribution >= 4 is 0 Å². The summed E-state index contributed by atoms with van der Waals surface area (Å²) in [5.41, 5.74) is 11.7. The Bertz CT molecular complexity index is 583. The summed E-state index contributed by atoms with van der Waals surface area (Å²) >= 11 is 0. The lowest BCUT2D eigenvalue weighted by Gasteiger charge is -2.34. The molecule has 1 fully saturated rings. The van der Waals surface area contributed by atoms with Gasteiger partial charge in [0.25, 0.3) is 0 Å². The van der Waals surface area contributed by atoms with Crippen LogP contribution in [0.1, 0.15) is 49.7 Å². The first-order chi connectivity index (χ1) is 10.0. The second-order valence-corrected chi connectivity index (χ2v) is 6.92. The number of rotatable bonds is 2. The van der Waals surface area contributed by atoms with Gasteiger partial charge in [-0.15, -0.1) is 0 Å². The lowest BCUT2D eigenvalue weighted by atomic mass is 9.75. The highest BCUT2D eigenvalue weighted by Crippen LogP contribution is 2.37. The summed E-state index contributed by atoms with van der Waals surface area (Å²) in [6.07, 6.45) is 4.71. The van der Waals surface area contributed by atoms with Crippen molar-refractivity contribution < 1.29 is 0 Å². The lowest BCUT2D eigenvalue weighted by Crippen LogP contribution is -2.39. The molecule has 1 saturated carbocycles. The predicted molar refractivity (Wildman–Crippen MR) is 90.4 cm³/mol. The number of hydrogen-bond acceptors (Lipinski definition) is 1. The van der Waals surface area contributed by atoms with E-state index in [0.29, 0.717) is 5.92 Å². The summed E-state index contributed by atoms with van der Waals surface area (Å²) in [5.74, 6) is 0.689. The second kappa shape index (κ2) is 5.65. The zero-order valence-electron chi connectivity index (χ0n) is 13.1. The molecular formula is C20H25N. The Kier molecular flexibility index (Phi) is 3.86. The minimum atomic E-state index is 0.0539. The van der Waals surface area contributed by atoms with Crippen molar-refractivity contribution in [2.75, 3.05) is 0 Å². The minimum absolute atomic E-state index is 0.0539. The predicted octanol–water partition coefficient (Wildman–Crippen LogP) is 5.04. The van der Waals surface area contributed by atoms with Crippen molar-refractivity contribution in [3.8, 4) is 11.1 Å². The van der Waals surface area contributed by atoms with Gasteiger partial charge in [-0.2, -0.15) is 0 Å².